The maximum absolute atomic E-state index is 13.0. The summed E-state index contributed by atoms with van der Waals surface area (Å²) in [5, 5.41) is 4.94. The van der Waals surface area contributed by atoms with E-state index in [0.717, 1.165) is 6.26 Å². The number of nitrogen functional groups attached to an aromatic ring is 1. The van der Waals surface area contributed by atoms with Crippen LogP contribution in [0.3, 0.4) is 0 Å². The molecule has 0 amide bonds. The molecule has 3 N–H and O–H groups in total. The van der Waals surface area contributed by atoms with E-state index in [1.807, 2.05) is 18.2 Å². The summed E-state index contributed by atoms with van der Waals surface area (Å²) in [7, 11) is -4.97. The van der Waals surface area contributed by atoms with E-state index in [4.69, 9.17) is 5.73 Å². The Bertz CT molecular complexity index is 1330. The van der Waals surface area contributed by atoms with Crippen molar-refractivity contribution in [2.24, 2.45) is 0 Å². The lowest BCUT2D eigenvalue weighted by Gasteiger charge is -2.09. The molecule has 2 heterocycles. The number of hydrogen-bond acceptors (Lipinski definition) is 6. The Kier molecular flexibility index (Phi) is 4.81. The second-order valence-electron chi connectivity index (χ2n) is 6.41. The van der Waals surface area contributed by atoms with Gasteiger partial charge in [0.15, 0.2) is 11.0 Å². The van der Waals surface area contributed by atoms with Gasteiger partial charge in [-0.25, -0.2) is 12.6 Å². The van der Waals surface area contributed by atoms with Crippen molar-refractivity contribution in [2.75, 3.05) is 16.7 Å². The number of nitrogens with zero attached hydrogens (tertiary/aromatic N) is 3. The van der Waals surface area contributed by atoms with Gasteiger partial charge in [0, 0.05) is 22.8 Å². The molecular weight excluding hydrogens is 410 g/mol. The van der Waals surface area contributed by atoms with Crippen LogP contribution in [0.2, 0.25) is 0 Å². The molecular formula is C19H17N5O3S2. The number of aromatic nitrogens is 3. The van der Waals surface area contributed by atoms with Crippen molar-refractivity contribution in [2.45, 2.75) is 4.90 Å². The number of hydrogen-bond donors (Lipinski definition) is 2. The van der Waals surface area contributed by atoms with Crippen molar-refractivity contribution >= 4 is 43.3 Å². The van der Waals surface area contributed by atoms with Gasteiger partial charge in [-0.2, -0.15) is 9.19 Å². The third kappa shape index (κ3) is 3.98. The van der Waals surface area contributed by atoms with E-state index in [9.17, 15) is 12.6 Å². The van der Waals surface area contributed by atoms with E-state index in [-0.39, 0.29) is 0 Å². The molecule has 0 aliphatic carbocycles. The molecule has 0 saturated carbocycles. The quantitative estimate of drug-likeness (QED) is 0.473. The van der Waals surface area contributed by atoms with Gasteiger partial charge in [-0.05, 0) is 35.9 Å². The molecule has 148 valence electrons. The molecule has 0 aliphatic rings. The van der Waals surface area contributed by atoms with Crippen LogP contribution in [0, 0.1) is 0 Å². The minimum absolute atomic E-state index is 0.338. The lowest BCUT2D eigenvalue weighted by Crippen LogP contribution is -2.09. The molecule has 0 fully saturated rings. The molecule has 8 nitrogen and oxygen atoms in total. The second kappa shape index (κ2) is 7.30. The summed E-state index contributed by atoms with van der Waals surface area (Å²) in [4.78, 5) is 4.71. The number of rotatable bonds is 5. The van der Waals surface area contributed by atoms with Crippen LogP contribution >= 0.6 is 0 Å². The lowest BCUT2D eigenvalue weighted by atomic mass is 10.0. The maximum atomic E-state index is 13.0. The van der Waals surface area contributed by atoms with Crippen LogP contribution in [0.15, 0.2) is 72.0 Å². The van der Waals surface area contributed by atoms with Gasteiger partial charge in [-0.3, -0.25) is 9.71 Å². The third-order valence-electron chi connectivity index (χ3n) is 4.16. The Balaban J connectivity index is 1.82. The van der Waals surface area contributed by atoms with Crippen molar-refractivity contribution in [3.05, 3.63) is 67.1 Å². The van der Waals surface area contributed by atoms with Crippen LogP contribution in [0.25, 0.3) is 22.0 Å². The van der Waals surface area contributed by atoms with E-state index in [0.29, 0.717) is 38.3 Å². The van der Waals surface area contributed by atoms with Gasteiger partial charge >= 0.3 is 0 Å². The number of sulfonamides is 1. The fraction of sp³-hybridized carbons (Fsp3) is 0.0526. The fourth-order valence-electron chi connectivity index (χ4n) is 2.93. The molecule has 2 aromatic heterocycles. The predicted molar refractivity (Wildman–Crippen MR) is 114 cm³/mol. The van der Waals surface area contributed by atoms with Crippen molar-refractivity contribution < 1.29 is 12.6 Å². The Morgan fingerprint density at radius 2 is 1.79 bits per heavy atom. The van der Waals surface area contributed by atoms with Crippen LogP contribution in [0.1, 0.15) is 0 Å². The average Bonchev–Trinajstić information content (AvgIpc) is 3.11. The summed E-state index contributed by atoms with van der Waals surface area (Å²) < 4.78 is 39.8. The molecule has 0 saturated heterocycles. The summed E-state index contributed by atoms with van der Waals surface area (Å²) in [5.41, 5.74) is 8.97. The number of nitrogens with two attached hydrogens (primary N) is 1. The second-order valence-corrected chi connectivity index (χ2v) is 9.48. The highest BCUT2D eigenvalue weighted by atomic mass is 32.2. The van der Waals surface area contributed by atoms with E-state index in [1.54, 1.807) is 42.7 Å². The normalized spacial score (nSPS) is 12.7. The van der Waals surface area contributed by atoms with Gasteiger partial charge < -0.3 is 5.73 Å². The first-order chi connectivity index (χ1) is 13.8. The molecule has 10 heteroatoms. The molecule has 1 atom stereocenters. The van der Waals surface area contributed by atoms with Crippen LogP contribution in [0.4, 0.5) is 11.4 Å². The first-order valence-electron chi connectivity index (χ1n) is 8.49. The first-order valence-corrected chi connectivity index (χ1v) is 11.5. The average molecular weight is 428 g/mol. The largest absolute Gasteiger partial charge is 0.398 e. The minimum atomic E-state index is -3.43. The van der Waals surface area contributed by atoms with Gasteiger partial charge in [0.05, 0.1) is 34.7 Å². The van der Waals surface area contributed by atoms with E-state index in [1.165, 1.54) is 10.3 Å². The first kappa shape index (κ1) is 19.1. The summed E-state index contributed by atoms with van der Waals surface area (Å²) in [5.74, 6) is 0. The molecule has 4 rings (SSSR count). The Morgan fingerprint density at radius 1 is 1.03 bits per heavy atom. The van der Waals surface area contributed by atoms with Crippen molar-refractivity contribution in [3.8, 4) is 11.1 Å². The van der Waals surface area contributed by atoms with Gasteiger partial charge in [-0.15, -0.1) is 0 Å². The van der Waals surface area contributed by atoms with Gasteiger partial charge in [0.2, 0.25) is 10.0 Å². The summed E-state index contributed by atoms with van der Waals surface area (Å²) in [6, 6.07) is 14.2. The number of anilines is 2. The highest BCUT2D eigenvalue weighted by Crippen LogP contribution is 2.31. The number of fused-ring (bicyclic) bond motifs is 1. The minimum Gasteiger partial charge on any atom is -0.398 e. The van der Waals surface area contributed by atoms with Gasteiger partial charge in [0.1, 0.15) is 0 Å². The predicted octanol–water partition coefficient (Wildman–Crippen LogP) is 2.62. The zero-order valence-corrected chi connectivity index (χ0v) is 16.9. The highest BCUT2D eigenvalue weighted by Gasteiger charge is 2.15. The monoisotopic (exact) mass is 427 g/mol. The topological polar surface area (TPSA) is 120 Å². The van der Waals surface area contributed by atoms with E-state index >= 15 is 0 Å². The Labute approximate surface area is 170 Å². The fourth-order valence-corrected chi connectivity index (χ4v) is 4.53. The smallest absolute Gasteiger partial charge is 0.229 e. The van der Waals surface area contributed by atoms with Crippen molar-refractivity contribution in [1.29, 1.82) is 0 Å². The van der Waals surface area contributed by atoms with Gasteiger partial charge in [0.25, 0.3) is 0 Å². The standard InChI is InChI=1S/C19H17N5O3S2/c1-29(26,27)23-15-7-14(10-21-11-15)13-8-18(20)17-12-22-24(19(17)9-13)28(25)16-5-3-2-4-6-16/h2-12,23H,20H2,1H3. The number of pyridine rings is 1. The van der Waals surface area contributed by atoms with E-state index in [2.05, 4.69) is 14.8 Å². The molecule has 1 unspecified atom stereocenters. The Morgan fingerprint density at radius 3 is 2.52 bits per heavy atom. The molecule has 29 heavy (non-hydrogen) atoms. The molecule has 0 aliphatic heterocycles. The molecule has 0 radical (unpaired) electrons. The molecule has 4 aromatic rings. The van der Waals surface area contributed by atoms with E-state index < -0.39 is 21.0 Å². The molecule has 0 spiro atoms. The van der Waals surface area contributed by atoms with Crippen LogP contribution in [0.5, 0.6) is 0 Å². The SMILES string of the molecule is CS(=O)(=O)Nc1cncc(-c2cc(N)c3cnn(S(=O)c4ccccc4)c3c2)c1. The number of benzene rings is 2. The van der Waals surface area contributed by atoms with Crippen LogP contribution in [-0.4, -0.2) is 33.1 Å². The summed E-state index contributed by atoms with van der Waals surface area (Å²) in [6.45, 7) is 0. The zero-order chi connectivity index (χ0) is 20.6. The Hall–Kier alpha value is -3.24. The molecule has 2 aromatic carbocycles. The van der Waals surface area contributed by atoms with Gasteiger partial charge in [-0.1, -0.05) is 18.2 Å². The maximum Gasteiger partial charge on any atom is 0.229 e. The highest BCUT2D eigenvalue weighted by molar-refractivity contribution is 7.92. The zero-order valence-electron chi connectivity index (χ0n) is 15.3. The summed E-state index contributed by atoms with van der Waals surface area (Å²) in [6.07, 6.45) is 5.67. The van der Waals surface area contributed by atoms with Crippen LogP contribution in [-0.2, 0) is 21.0 Å². The van der Waals surface area contributed by atoms with Crippen LogP contribution < -0.4 is 10.5 Å². The summed E-state index contributed by atoms with van der Waals surface area (Å²) >= 11 is 0. The van der Waals surface area contributed by atoms with Crippen molar-refractivity contribution in [3.63, 3.8) is 0 Å². The van der Waals surface area contributed by atoms with Crippen molar-refractivity contribution in [1.82, 2.24) is 14.2 Å². The third-order valence-corrected chi connectivity index (χ3v) is 6.05. The molecule has 0 bridgehead atoms. The number of nitrogens with one attached hydrogen (secondary N) is 1. The lowest BCUT2D eigenvalue weighted by molar-refractivity contribution is 0.607.